The molecule has 2 aromatic rings. The van der Waals surface area contributed by atoms with Gasteiger partial charge < -0.3 is 14.8 Å². The number of aromatic nitrogens is 1. The summed E-state index contributed by atoms with van der Waals surface area (Å²) in [5, 5.41) is 4.81. The lowest BCUT2D eigenvalue weighted by molar-refractivity contribution is 0.108. The number of hydrogen-bond acceptors (Lipinski definition) is 4. The predicted molar refractivity (Wildman–Crippen MR) is 85.1 cm³/mol. The van der Waals surface area contributed by atoms with Crippen LogP contribution in [0.25, 0.3) is 10.9 Å². The molecular formula is C17H22N2O2. The Balaban J connectivity index is 1.96. The highest BCUT2D eigenvalue weighted by Crippen LogP contribution is 2.33. The summed E-state index contributed by atoms with van der Waals surface area (Å²) in [4.78, 5) is 4.53. The van der Waals surface area contributed by atoms with E-state index in [0.29, 0.717) is 12.1 Å². The topological polar surface area (TPSA) is 43.4 Å². The predicted octanol–water partition coefficient (Wildman–Crippen LogP) is 3.53. The largest absolute Gasteiger partial charge is 0.494 e. The first-order chi connectivity index (χ1) is 10.2. The molecule has 1 fully saturated rings. The third-order valence-corrected chi connectivity index (χ3v) is 4.34. The molecule has 21 heavy (non-hydrogen) atoms. The summed E-state index contributed by atoms with van der Waals surface area (Å²) in [6.45, 7) is 2.09. The van der Waals surface area contributed by atoms with E-state index in [2.05, 4.69) is 23.3 Å². The van der Waals surface area contributed by atoms with Crippen molar-refractivity contribution in [1.82, 2.24) is 4.98 Å². The van der Waals surface area contributed by atoms with Crippen molar-refractivity contribution < 1.29 is 9.47 Å². The first kappa shape index (κ1) is 14.1. The Morgan fingerprint density at radius 3 is 2.81 bits per heavy atom. The van der Waals surface area contributed by atoms with Crippen molar-refractivity contribution >= 4 is 16.6 Å². The maximum Gasteiger partial charge on any atom is 0.145 e. The fraction of sp³-hybridized carbons (Fsp3) is 0.471. The van der Waals surface area contributed by atoms with Gasteiger partial charge in [0, 0.05) is 30.4 Å². The molecule has 1 aliphatic rings. The highest BCUT2D eigenvalue weighted by atomic mass is 16.5. The van der Waals surface area contributed by atoms with Gasteiger partial charge in [-0.3, -0.25) is 4.98 Å². The third-order valence-electron chi connectivity index (χ3n) is 4.34. The number of nitrogens with one attached hydrogen (secondary N) is 1. The smallest absolute Gasteiger partial charge is 0.145 e. The van der Waals surface area contributed by atoms with E-state index in [4.69, 9.17) is 9.47 Å². The SMILES string of the molecule is COc1cccc2c(NC3CCC(OC)C3)c(C)cnc12. The number of anilines is 1. The summed E-state index contributed by atoms with van der Waals surface area (Å²) in [6.07, 6.45) is 5.62. The molecule has 0 amide bonds. The van der Waals surface area contributed by atoms with Crippen LogP contribution in [-0.2, 0) is 4.74 Å². The first-order valence-electron chi connectivity index (χ1n) is 7.44. The number of ether oxygens (including phenoxy) is 2. The van der Waals surface area contributed by atoms with E-state index in [-0.39, 0.29) is 0 Å². The number of rotatable bonds is 4. The number of aryl methyl sites for hydroxylation is 1. The van der Waals surface area contributed by atoms with Crippen LogP contribution in [0.2, 0.25) is 0 Å². The zero-order chi connectivity index (χ0) is 14.8. The van der Waals surface area contributed by atoms with Gasteiger partial charge >= 0.3 is 0 Å². The van der Waals surface area contributed by atoms with Crippen LogP contribution in [0.3, 0.4) is 0 Å². The Morgan fingerprint density at radius 1 is 1.24 bits per heavy atom. The second kappa shape index (κ2) is 5.90. The second-order valence-corrected chi connectivity index (χ2v) is 5.68. The number of hydrogen-bond donors (Lipinski definition) is 1. The van der Waals surface area contributed by atoms with Gasteiger partial charge in [0.05, 0.1) is 13.2 Å². The van der Waals surface area contributed by atoms with Crippen LogP contribution in [-0.4, -0.2) is 31.3 Å². The van der Waals surface area contributed by atoms with E-state index >= 15 is 0 Å². The Labute approximate surface area is 125 Å². The average molecular weight is 286 g/mol. The van der Waals surface area contributed by atoms with Crippen LogP contribution in [0, 0.1) is 6.92 Å². The van der Waals surface area contributed by atoms with Crippen molar-refractivity contribution in [2.24, 2.45) is 0 Å². The molecule has 1 heterocycles. The summed E-state index contributed by atoms with van der Waals surface area (Å²) in [5.74, 6) is 0.816. The average Bonchev–Trinajstić information content (AvgIpc) is 2.97. The molecule has 3 rings (SSSR count). The van der Waals surface area contributed by atoms with Crippen molar-refractivity contribution in [2.75, 3.05) is 19.5 Å². The minimum atomic E-state index is 0.380. The fourth-order valence-corrected chi connectivity index (χ4v) is 3.14. The summed E-state index contributed by atoms with van der Waals surface area (Å²) in [5.41, 5.74) is 3.24. The van der Waals surface area contributed by atoms with Crippen molar-refractivity contribution in [3.8, 4) is 5.75 Å². The van der Waals surface area contributed by atoms with Crippen molar-refractivity contribution in [3.05, 3.63) is 30.0 Å². The van der Waals surface area contributed by atoms with Crippen molar-refractivity contribution in [2.45, 2.75) is 38.3 Å². The van der Waals surface area contributed by atoms with Gasteiger partial charge in [-0.05, 0) is 37.8 Å². The summed E-state index contributed by atoms with van der Waals surface area (Å²) < 4.78 is 10.9. The van der Waals surface area contributed by atoms with E-state index in [1.807, 2.05) is 18.3 Å². The summed E-state index contributed by atoms with van der Waals surface area (Å²) >= 11 is 0. The lowest BCUT2D eigenvalue weighted by Crippen LogP contribution is -2.18. The molecule has 1 N–H and O–H groups in total. The lowest BCUT2D eigenvalue weighted by atomic mass is 10.1. The van der Waals surface area contributed by atoms with E-state index in [9.17, 15) is 0 Å². The maximum absolute atomic E-state index is 5.46. The Hall–Kier alpha value is -1.81. The van der Waals surface area contributed by atoms with Crippen molar-refractivity contribution in [1.29, 1.82) is 0 Å². The fourth-order valence-electron chi connectivity index (χ4n) is 3.14. The van der Waals surface area contributed by atoms with Gasteiger partial charge in [0.2, 0.25) is 0 Å². The number of methoxy groups -OCH3 is 2. The molecule has 1 aromatic carbocycles. The highest BCUT2D eigenvalue weighted by molar-refractivity contribution is 5.96. The normalized spacial score (nSPS) is 21.7. The number of nitrogens with zero attached hydrogens (tertiary/aromatic N) is 1. The van der Waals surface area contributed by atoms with Crippen LogP contribution in [0.1, 0.15) is 24.8 Å². The van der Waals surface area contributed by atoms with Crippen LogP contribution in [0.15, 0.2) is 24.4 Å². The van der Waals surface area contributed by atoms with Crippen LogP contribution in [0.5, 0.6) is 5.75 Å². The van der Waals surface area contributed by atoms with Gasteiger partial charge in [-0.2, -0.15) is 0 Å². The molecule has 2 atom stereocenters. The standard InChI is InChI=1S/C17H22N2O2/c1-11-10-18-17-14(5-4-6-15(17)21-3)16(11)19-12-7-8-13(9-12)20-2/h4-6,10,12-13H,7-9H2,1-3H3,(H,18,19). The highest BCUT2D eigenvalue weighted by Gasteiger charge is 2.25. The molecule has 0 aliphatic heterocycles. The van der Waals surface area contributed by atoms with Gasteiger partial charge in [-0.1, -0.05) is 12.1 Å². The molecule has 0 bridgehead atoms. The van der Waals surface area contributed by atoms with Gasteiger partial charge in [0.25, 0.3) is 0 Å². The van der Waals surface area contributed by atoms with Crippen LogP contribution < -0.4 is 10.1 Å². The molecule has 4 heteroatoms. The minimum absolute atomic E-state index is 0.380. The molecule has 2 unspecified atom stereocenters. The number of pyridine rings is 1. The monoisotopic (exact) mass is 286 g/mol. The molecule has 1 aromatic heterocycles. The zero-order valence-corrected chi connectivity index (χ0v) is 12.8. The lowest BCUT2D eigenvalue weighted by Gasteiger charge is -2.18. The second-order valence-electron chi connectivity index (χ2n) is 5.68. The van der Waals surface area contributed by atoms with Gasteiger partial charge in [-0.15, -0.1) is 0 Å². The molecule has 1 saturated carbocycles. The first-order valence-corrected chi connectivity index (χ1v) is 7.44. The molecule has 1 aliphatic carbocycles. The van der Waals surface area contributed by atoms with E-state index < -0.39 is 0 Å². The Kier molecular flexibility index (Phi) is 3.97. The minimum Gasteiger partial charge on any atom is -0.494 e. The van der Waals surface area contributed by atoms with E-state index in [1.165, 1.54) is 5.69 Å². The van der Waals surface area contributed by atoms with E-state index in [1.54, 1.807) is 14.2 Å². The summed E-state index contributed by atoms with van der Waals surface area (Å²) in [7, 11) is 3.48. The van der Waals surface area contributed by atoms with Gasteiger partial charge in [0.15, 0.2) is 0 Å². The van der Waals surface area contributed by atoms with Crippen molar-refractivity contribution in [3.63, 3.8) is 0 Å². The molecule has 0 saturated heterocycles. The van der Waals surface area contributed by atoms with Gasteiger partial charge in [-0.25, -0.2) is 0 Å². The zero-order valence-electron chi connectivity index (χ0n) is 12.8. The third kappa shape index (κ3) is 2.68. The Bertz CT molecular complexity index is 642. The molecule has 4 nitrogen and oxygen atoms in total. The van der Waals surface area contributed by atoms with Crippen LogP contribution in [0.4, 0.5) is 5.69 Å². The van der Waals surface area contributed by atoms with Crippen LogP contribution >= 0.6 is 0 Å². The number of benzene rings is 1. The number of fused-ring (bicyclic) bond motifs is 1. The molecule has 0 spiro atoms. The maximum atomic E-state index is 5.46. The molecule has 112 valence electrons. The quantitative estimate of drug-likeness (QED) is 0.933. The molecular weight excluding hydrogens is 264 g/mol. The summed E-state index contributed by atoms with van der Waals surface area (Å²) in [6, 6.07) is 6.53. The molecule has 0 radical (unpaired) electrons. The Morgan fingerprint density at radius 2 is 2.10 bits per heavy atom. The van der Waals surface area contributed by atoms with Gasteiger partial charge in [0.1, 0.15) is 11.3 Å². The number of para-hydroxylation sites is 1. The van der Waals surface area contributed by atoms with E-state index in [0.717, 1.165) is 41.5 Å².